The molecule has 0 bridgehead atoms. The van der Waals surface area contributed by atoms with Crippen molar-refractivity contribution in [1.29, 1.82) is 0 Å². The minimum absolute atomic E-state index is 0.192. The molecule has 0 radical (unpaired) electrons. The van der Waals surface area contributed by atoms with E-state index in [0.29, 0.717) is 28.4 Å². The van der Waals surface area contributed by atoms with Gasteiger partial charge in [-0.05, 0) is 59.4 Å². The number of benzene rings is 2. The van der Waals surface area contributed by atoms with Gasteiger partial charge in [-0.25, -0.2) is 10.1 Å². The van der Waals surface area contributed by atoms with Crippen LogP contribution in [0.3, 0.4) is 0 Å². The van der Waals surface area contributed by atoms with Crippen molar-refractivity contribution in [3.8, 4) is 5.75 Å². The fourth-order valence-electron chi connectivity index (χ4n) is 3.97. The number of nitrogens with two attached hydrogens (primary N) is 3. The van der Waals surface area contributed by atoms with Crippen LogP contribution in [0, 0.1) is 6.92 Å². The van der Waals surface area contributed by atoms with Gasteiger partial charge >= 0.3 is 0 Å². The number of methoxy groups -OCH3 is 1. The van der Waals surface area contributed by atoms with Crippen molar-refractivity contribution in [3.63, 3.8) is 0 Å². The van der Waals surface area contributed by atoms with Gasteiger partial charge in [-0.15, -0.1) is 0 Å². The SMILES string of the molecule is COc1c(NC(=O)c2ccc(C)c(N(N)C(N)=C(N)C(=O)NCc3cccnc3)c2)cc(C(C)(C)C)cc1NS(C)=O. The number of carbonyl (C=O) groups excluding carboxylic acids is 2. The van der Waals surface area contributed by atoms with Gasteiger partial charge in [-0.1, -0.05) is 32.9 Å². The quantitative estimate of drug-likeness (QED) is 0.116. The molecule has 9 N–H and O–H groups in total. The Bertz CT molecular complexity index is 1520. The van der Waals surface area contributed by atoms with E-state index in [1.807, 2.05) is 39.0 Å². The van der Waals surface area contributed by atoms with Crippen molar-refractivity contribution in [2.75, 3.05) is 28.4 Å². The topological polar surface area (TPSA) is 191 Å². The molecule has 224 valence electrons. The summed E-state index contributed by atoms with van der Waals surface area (Å²) < 4.78 is 20.4. The average Bonchev–Trinajstić information content (AvgIpc) is 2.94. The zero-order valence-electron chi connectivity index (χ0n) is 24.6. The predicted octanol–water partition coefficient (Wildman–Crippen LogP) is 2.74. The maximum Gasteiger partial charge on any atom is 0.271 e. The van der Waals surface area contributed by atoms with Crippen molar-refractivity contribution < 1.29 is 18.5 Å². The summed E-state index contributed by atoms with van der Waals surface area (Å²) in [5.41, 5.74) is 15.5. The van der Waals surface area contributed by atoms with E-state index in [1.165, 1.54) is 13.4 Å². The van der Waals surface area contributed by atoms with Crippen LogP contribution >= 0.6 is 0 Å². The second kappa shape index (κ2) is 13.4. The first-order valence-corrected chi connectivity index (χ1v) is 14.5. The largest absolute Gasteiger partial charge is 0.492 e. The molecule has 1 atom stereocenters. The standard InChI is InChI=1S/C29H38N8O4S/c1-17-9-10-19(12-23(17)37(32)26(31)24(30)28(39)34-16-18-8-7-11-33-15-18)27(38)35-21-13-20(29(2,3)4)14-22(25(21)41-5)36-42(6)40/h7-15,36H,16,30-32H2,1-6H3,(H,34,39)(H,35,38). The highest BCUT2D eigenvalue weighted by Gasteiger charge is 2.23. The number of amides is 2. The minimum Gasteiger partial charge on any atom is -0.492 e. The second-order valence-electron chi connectivity index (χ2n) is 10.6. The summed E-state index contributed by atoms with van der Waals surface area (Å²) in [6, 6.07) is 12.1. The molecule has 3 aromatic rings. The number of carbonyl (C=O) groups is 2. The van der Waals surface area contributed by atoms with E-state index in [-0.39, 0.29) is 29.0 Å². The van der Waals surface area contributed by atoms with Gasteiger partial charge in [0.05, 0.1) is 24.2 Å². The van der Waals surface area contributed by atoms with Crippen molar-refractivity contribution >= 4 is 39.9 Å². The number of nitrogens with one attached hydrogen (secondary N) is 3. The third-order valence-electron chi connectivity index (χ3n) is 6.35. The molecule has 0 aliphatic heterocycles. The molecule has 0 aliphatic rings. The van der Waals surface area contributed by atoms with E-state index in [2.05, 4.69) is 20.3 Å². The molecule has 13 heteroatoms. The lowest BCUT2D eigenvalue weighted by Crippen LogP contribution is -2.41. The molecule has 2 aromatic carbocycles. The van der Waals surface area contributed by atoms with Crippen LogP contribution in [0.4, 0.5) is 17.1 Å². The molecule has 1 unspecified atom stereocenters. The molecular formula is C29H38N8O4S. The first-order chi connectivity index (χ1) is 19.7. The normalized spacial score (nSPS) is 12.5. The van der Waals surface area contributed by atoms with Gasteiger partial charge in [0.1, 0.15) is 22.5 Å². The molecule has 0 saturated carbocycles. The highest BCUT2D eigenvalue weighted by molar-refractivity contribution is 7.85. The molecule has 1 aromatic heterocycles. The molecule has 12 nitrogen and oxygen atoms in total. The van der Waals surface area contributed by atoms with Crippen LogP contribution in [0.2, 0.25) is 0 Å². The third-order valence-corrected chi connectivity index (χ3v) is 6.86. The number of nitrogens with zero attached hydrogens (tertiary/aromatic N) is 2. The number of aromatic nitrogens is 1. The van der Waals surface area contributed by atoms with Gasteiger partial charge in [0.15, 0.2) is 5.75 Å². The molecule has 1 heterocycles. The van der Waals surface area contributed by atoms with Crippen molar-refractivity contribution in [1.82, 2.24) is 10.3 Å². The maximum absolute atomic E-state index is 13.5. The maximum atomic E-state index is 13.5. The van der Waals surface area contributed by atoms with Crippen LogP contribution in [0.1, 0.15) is 47.8 Å². The Morgan fingerprint density at radius 2 is 1.79 bits per heavy atom. The number of hydrazine groups is 1. The zero-order valence-corrected chi connectivity index (χ0v) is 25.4. The molecule has 0 fully saturated rings. The number of aryl methyl sites for hydroxylation is 1. The summed E-state index contributed by atoms with van der Waals surface area (Å²) in [5, 5.41) is 6.63. The lowest BCUT2D eigenvalue weighted by atomic mass is 9.86. The Morgan fingerprint density at radius 3 is 2.38 bits per heavy atom. The van der Waals surface area contributed by atoms with Crippen molar-refractivity contribution in [3.05, 3.63) is 88.6 Å². The summed E-state index contributed by atoms with van der Waals surface area (Å²) in [7, 11) is 0.0919. The zero-order chi connectivity index (χ0) is 31.2. The van der Waals surface area contributed by atoms with Crippen LogP contribution in [-0.4, -0.2) is 34.4 Å². The average molecular weight is 595 g/mol. The fraction of sp³-hybridized carbons (Fsp3) is 0.276. The predicted molar refractivity (Wildman–Crippen MR) is 167 cm³/mol. The molecule has 2 amide bonds. The third kappa shape index (κ3) is 7.77. The summed E-state index contributed by atoms with van der Waals surface area (Å²) in [4.78, 5) is 30.1. The van der Waals surface area contributed by atoms with Gasteiger partial charge in [-0.3, -0.25) is 19.6 Å². The number of anilines is 3. The van der Waals surface area contributed by atoms with E-state index >= 15 is 0 Å². The van der Waals surface area contributed by atoms with Crippen LogP contribution in [0.5, 0.6) is 5.75 Å². The smallest absolute Gasteiger partial charge is 0.271 e. The van der Waals surface area contributed by atoms with Gasteiger partial charge in [0, 0.05) is 30.8 Å². The molecule has 0 spiro atoms. The highest BCUT2D eigenvalue weighted by Crippen LogP contribution is 2.39. The van der Waals surface area contributed by atoms with Gasteiger partial charge in [-0.2, -0.15) is 0 Å². The molecule has 0 saturated heterocycles. The first-order valence-electron chi connectivity index (χ1n) is 12.9. The Hall–Kier alpha value is -4.62. The fourth-order valence-corrected chi connectivity index (χ4v) is 4.43. The molecular weight excluding hydrogens is 556 g/mol. The Balaban J connectivity index is 1.90. The van der Waals surface area contributed by atoms with E-state index < -0.39 is 22.8 Å². The van der Waals surface area contributed by atoms with Gasteiger partial charge < -0.3 is 31.6 Å². The van der Waals surface area contributed by atoms with Gasteiger partial charge in [0.2, 0.25) is 0 Å². The van der Waals surface area contributed by atoms with Crippen LogP contribution in [-0.2, 0) is 27.7 Å². The van der Waals surface area contributed by atoms with Crippen LogP contribution in [0.25, 0.3) is 0 Å². The summed E-state index contributed by atoms with van der Waals surface area (Å²) in [6.07, 6.45) is 4.76. The number of hydrogen-bond donors (Lipinski definition) is 6. The first kappa shape index (κ1) is 31.9. The Morgan fingerprint density at radius 1 is 1.10 bits per heavy atom. The summed E-state index contributed by atoms with van der Waals surface area (Å²) in [5.74, 6) is 5.35. The number of ether oxygens (including phenoxy) is 1. The lowest BCUT2D eigenvalue weighted by molar-refractivity contribution is -0.117. The second-order valence-corrected chi connectivity index (χ2v) is 11.7. The summed E-state index contributed by atoms with van der Waals surface area (Å²) >= 11 is 0. The van der Waals surface area contributed by atoms with Crippen molar-refractivity contribution in [2.24, 2.45) is 17.3 Å². The Labute approximate surface area is 248 Å². The van der Waals surface area contributed by atoms with Gasteiger partial charge in [0.25, 0.3) is 11.8 Å². The molecule has 42 heavy (non-hydrogen) atoms. The molecule has 0 aliphatic carbocycles. The van der Waals surface area contributed by atoms with E-state index in [0.717, 1.165) is 16.1 Å². The minimum atomic E-state index is -1.37. The van der Waals surface area contributed by atoms with Crippen LogP contribution < -0.4 is 42.4 Å². The highest BCUT2D eigenvalue weighted by atomic mass is 32.2. The van der Waals surface area contributed by atoms with E-state index in [4.69, 9.17) is 22.0 Å². The number of pyridine rings is 1. The van der Waals surface area contributed by atoms with Crippen LogP contribution in [0.15, 0.2) is 66.4 Å². The van der Waals surface area contributed by atoms with Crippen molar-refractivity contribution in [2.45, 2.75) is 39.7 Å². The Kier molecular flexibility index (Phi) is 10.1. The number of hydrogen-bond acceptors (Lipinski definition) is 9. The summed E-state index contributed by atoms with van der Waals surface area (Å²) in [6.45, 7) is 8.06. The van der Waals surface area contributed by atoms with E-state index in [1.54, 1.807) is 43.6 Å². The molecule has 3 rings (SSSR count). The monoisotopic (exact) mass is 594 g/mol. The van der Waals surface area contributed by atoms with E-state index in [9.17, 15) is 13.8 Å². The lowest BCUT2D eigenvalue weighted by Gasteiger charge is -2.24. The number of rotatable bonds is 10.